The number of unbranched alkanes of at least 4 members (excludes halogenated alkanes) is 12. The Morgan fingerprint density at radius 2 is 0.773 bits per heavy atom. The van der Waals surface area contributed by atoms with Crippen LogP contribution in [0.3, 0.4) is 0 Å². The summed E-state index contributed by atoms with van der Waals surface area (Å²) < 4.78 is 57.3. The van der Waals surface area contributed by atoms with Gasteiger partial charge in [0.05, 0.1) is 9.79 Å². The molecule has 0 aromatic heterocycles. The van der Waals surface area contributed by atoms with Crippen molar-refractivity contribution in [1.82, 2.24) is 8.61 Å². The van der Waals surface area contributed by atoms with E-state index in [9.17, 15) is 37.3 Å². The van der Waals surface area contributed by atoms with E-state index < -0.39 is 43.0 Å². The van der Waals surface area contributed by atoms with E-state index >= 15 is 0 Å². The first-order valence-electron chi connectivity index (χ1n) is 16.0. The van der Waals surface area contributed by atoms with Gasteiger partial charge in [-0.2, -0.15) is 8.61 Å². The maximum Gasteiger partial charge on any atom is 0.243 e. The molecule has 0 unspecified atom stereocenters. The Balaban J connectivity index is 2.27. The highest BCUT2D eigenvalue weighted by Crippen LogP contribution is 2.30. The van der Waals surface area contributed by atoms with Gasteiger partial charge >= 0.3 is 0 Å². The van der Waals surface area contributed by atoms with Gasteiger partial charge in [-0.1, -0.05) is 90.9 Å². The van der Waals surface area contributed by atoms with E-state index in [1.54, 1.807) is 0 Å². The van der Waals surface area contributed by atoms with E-state index in [2.05, 4.69) is 13.8 Å². The smallest absolute Gasteiger partial charge is 0.243 e. The van der Waals surface area contributed by atoms with Crippen LogP contribution in [0.2, 0.25) is 0 Å². The molecule has 0 saturated carbocycles. The van der Waals surface area contributed by atoms with Crippen LogP contribution >= 0.6 is 0 Å². The van der Waals surface area contributed by atoms with Gasteiger partial charge in [0.15, 0.2) is 23.0 Å². The van der Waals surface area contributed by atoms with E-state index in [-0.39, 0.29) is 36.0 Å². The summed E-state index contributed by atoms with van der Waals surface area (Å²) in [6.07, 6.45) is 13.7. The van der Waals surface area contributed by atoms with Gasteiger partial charge in [-0.05, 0) is 37.1 Å². The van der Waals surface area contributed by atoms with Crippen LogP contribution in [-0.4, -0.2) is 72.1 Å². The van der Waals surface area contributed by atoms with Crippen LogP contribution in [0.4, 0.5) is 0 Å². The molecule has 0 amide bonds. The number of phenolic OH excluding ortho intramolecular Hbond substituents is 4. The third-order valence-corrected chi connectivity index (χ3v) is 11.6. The Hall–Kier alpha value is -2.54. The average Bonchev–Trinajstić information content (AvgIpc) is 2.98. The number of rotatable bonds is 23. The van der Waals surface area contributed by atoms with Crippen molar-refractivity contribution in [1.29, 1.82) is 0 Å². The van der Waals surface area contributed by atoms with Crippen molar-refractivity contribution < 1.29 is 37.3 Å². The molecule has 250 valence electrons. The number of hydrogen-bond donors (Lipinski definition) is 4. The number of sulfonamides is 2. The van der Waals surface area contributed by atoms with E-state index in [0.717, 1.165) is 101 Å². The number of hydrogen-bond acceptors (Lipinski definition) is 8. The Kier molecular flexibility index (Phi) is 16.3. The van der Waals surface area contributed by atoms with Gasteiger partial charge in [0.1, 0.15) is 0 Å². The van der Waals surface area contributed by atoms with Crippen LogP contribution in [0.25, 0.3) is 0 Å². The highest BCUT2D eigenvalue weighted by Gasteiger charge is 2.30. The van der Waals surface area contributed by atoms with Crippen molar-refractivity contribution in [3.63, 3.8) is 0 Å². The molecule has 0 fully saturated rings. The third kappa shape index (κ3) is 11.8. The number of aromatic hydroxyl groups is 4. The topological polar surface area (TPSA) is 156 Å². The van der Waals surface area contributed by atoms with Crippen molar-refractivity contribution >= 4 is 20.0 Å². The molecule has 2 aromatic carbocycles. The molecule has 0 aliphatic rings. The zero-order chi connectivity index (χ0) is 32.6. The molecule has 0 aliphatic carbocycles. The van der Waals surface area contributed by atoms with Crippen LogP contribution in [0, 0.1) is 0 Å². The van der Waals surface area contributed by atoms with E-state index in [4.69, 9.17) is 0 Å². The Labute approximate surface area is 264 Å². The monoisotopic (exact) mass is 656 g/mol. The van der Waals surface area contributed by atoms with E-state index in [1.807, 2.05) is 0 Å². The summed E-state index contributed by atoms with van der Waals surface area (Å²) in [4.78, 5) is -0.388. The lowest BCUT2D eigenvalue weighted by atomic mass is 10.1. The molecule has 0 saturated heterocycles. The predicted molar refractivity (Wildman–Crippen MR) is 173 cm³/mol. The molecule has 12 heteroatoms. The lowest BCUT2D eigenvalue weighted by Crippen LogP contribution is -2.42. The lowest BCUT2D eigenvalue weighted by molar-refractivity contribution is 0.332. The first kappa shape index (κ1) is 37.6. The molecule has 2 aromatic rings. The zero-order valence-electron chi connectivity index (χ0n) is 26.3. The molecule has 4 N–H and O–H groups in total. The van der Waals surface area contributed by atoms with Gasteiger partial charge in [-0.15, -0.1) is 0 Å². The normalized spacial score (nSPS) is 12.4. The first-order valence-corrected chi connectivity index (χ1v) is 18.9. The highest BCUT2D eigenvalue weighted by molar-refractivity contribution is 7.89. The second-order valence-corrected chi connectivity index (χ2v) is 15.2. The maximum absolute atomic E-state index is 13.7. The van der Waals surface area contributed by atoms with Crippen molar-refractivity contribution in [3.8, 4) is 23.0 Å². The molecule has 0 spiro atoms. The van der Waals surface area contributed by atoms with Crippen LogP contribution in [-0.2, 0) is 20.0 Å². The minimum Gasteiger partial charge on any atom is -0.504 e. The van der Waals surface area contributed by atoms with Gasteiger partial charge in [-0.25, -0.2) is 16.8 Å². The molecular weight excluding hydrogens is 604 g/mol. The fourth-order valence-corrected chi connectivity index (χ4v) is 8.02. The maximum atomic E-state index is 13.7. The molecule has 0 atom stereocenters. The molecule has 0 aliphatic heterocycles. The van der Waals surface area contributed by atoms with Crippen molar-refractivity contribution in [3.05, 3.63) is 36.4 Å². The van der Waals surface area contributed by atoms with Crippen LogP contribution < -0.4 is 0 Å². The summed E-state index contributed by atoms with van der Waals surface area (Å²) in [7, 11) is -8.26. The molecule has 0 radical (unpaired) electrons. The largest absolute Gasteiger partial charge is 0.504 e. The molecule has 0 heterocycles. The predicted octanol–water partition coefficient (Wildman–Crippen LogP) is 6.69. The van der Waals surface area contributed by atoms with Crippen molar-refractivity contribution in [2.45, 2.75) is 114 Å². The summed E-state index contributed by atoms with van der Waals surface area (Å²) in [5.41, 5.74) is 0. The standard InChI is InChI=1S/C32H52N2O8S2/c1-3-5-7-9-11-13-15-21-33(43(39,40)27-17-19-29(35)31(37)25-27)23-24-34(22-16-14-12-10-8-6-4-2)44(41,42)28-18-20-30(36)32(38)26-28/h17-20,25-26,35-38H,3-16,21-24H2,1-2H3. The van der Waals surface area contributed by atoms with Gasteiger partial charge in [0, 0.05) is 38.3 Å². The van der Waals surface area contributed by atoms with Gasteiger partial charge < -0.3 is 20.4 Å². The summed E-state index contributed by atoms with van der Waals surface area (Å²) in [6.45, 7) is 4.38. The molecular formula is C32H52N2O8S2. The summed E-state index contributed by atoms with van der Waals surface area (Å²) in [5, 5.41) is 39.4. The third-order valence-electron chi connectivity index (χ3n) is 7.79. The zero-order valence-corrected chi connectivity index (χ0v) is 28.0. The number of phenols is 4. The SMILES string of the molecule is CCCCCCCCCN(CCN(CCCCCCCCC)S(=O)(=O)c1ccc(O)c(O)c1)S(=O)(=O)c1ccc(O)c(O)c1. The quantitative estimate of drug-likeness (QED) is 0.0761. The lowest BCUT2D eigenvalue weighted by Gasteiger charge is -2.27. The number of nitrogens with zero attached hydrogens (tertiary/aromatic N) is 2. The second-order valence-electron chi connectivity index (χ2n) is 11.4. The Bertz CT molecular complexity index is 1250. The van der Waals surface area contributed by atoms with Gasteiger partial charge in [0.25, 0.3) is 0 Å². The highest BCUT2D eigenvalue weighted by atomic mass is 32.2. The van der Waals surface area contributed by atoms with Crippen LogP contribution in [0.15, 0.2) is 46.2 Å². The number of benzene rings is 2. The Morgan fingerprint density at radius 3 is 1.09 bits per heavy atom. The molecule has 44 heavy (non-hydrogen) atoms. The minimum atomic E-state index is -4.13. The van der Waals surface area contributed by atoms with E-state index in [0.29, 0.717) is 12.8 Å². The molecule has 2 rings (SSSR count). The summed E-state index contributed by atoms with van der Waals surface area (Å²) in [5.74, 6) is -1.99. The van der Waals surface area contributed by atoms with E-state index in [1.165, 1.54) is 20.7 Å². The Morgan fingerprint density at radius 1 is 0.455 bits per heavy atom. The fraction of sp³-hybridized carbons (Fsp3) is 0.625. The van der Waals surface area contributed by atoms with Gasteiger partial charge in [0.2, 0.25) is 20.0 Å². The van der Waals surface area contributed by atoms with Crippen LogP contribution in [0.5, 0.6) is 23.0 Å². The van der Waals surface area contributed by atoms with Crippen LogP contribution in [0.1, 0.15) is 104 Å². The minimum absolute atomic E-state index is 0.125. The van der Waals surface area contributed by atoms with Crippen molar-refractivity contribution in [2.75, 3.05) is 26.2 Å². The second kappa shape index (κ2) is 19.1. The average molecular weight is 657 g/mol. The molecule has 10 nitrogen and oxygen atoms in total. The van der Waals surface area contributed by atoms with Crippen molar-refractivity contribution in [2.24, 2.45) is 0 Å². The summed E-state index contributed by atoms with van der Waals surface area (Å²) in [6, 6.07) is 6.65. The first-order chi connectivity index (χ1) is 20.9. The fourth-order valence-electron chi connectivity index (χ4n) is 5.04. The summed E-state index contributed by atoms with van der Waals surface area (Å²) >= 11 is 0. The van der Waals surface area contributed by atoms with Gasteiger partial charge in [-0.3, -0.25) is 0 Å². The molecule has 0 bridgehead atoms.